The molecule has 0 aliphatic heterocycles. The number of benzene rings is 1. The van der Waals surface area contributed by atoms with Gasteiger partial charge in [-0.05, 0) is 12.5 Å². The van der Waals surface area contributed by atoms with Gasteiger partial charge in [0, 0.05) is 19.2 Å². The number of H-pyrrole nitrogens is 1. The maximum atomic E-state index is 10.9. The number of hydrogen-bond acceptors (Lipinski definition) is 6. The van der Waals surface area contributed by atoms with Crippen LogP contribution in [-0.4, -0.2) is 26.8 Å². The molecular formula is C18H22KN5O3. The van der Waals surface area contributed by atoms with E-state index in [1.165, 1.54) is 18.7 Å². The normalized spacial score (nSPS) is 10.5. The average Bonchev–Trinajstić information content (AvgIpc) is 2.98. The van der Waals surface area contributed by atoms with Crippen LogP contribution in [0.25, 0.3) is 11.0 Å². The third-order valence-electron chi connectivity index (χ3n) is 3.29. The molecule has 0 saturated carbocycles. The van der Waals surface area contributed by atoms with Crippen molar-refractivity contribution >= 4 is 28.6 Å². The summed E-state index contributed by atoms with van der Waals surface area (Å²) in [5, 5.41) is 13.3. The number of hydrogen-bond donors (Lipinski definition) is 3. The predicted molar refractivity (Wildman–Crippen MR) is 98.3 cm³/mol. The van der Waals surface area contributed by atoms with Gasteiger partial charge in [-0.1, -0.05) is 37.8 Å². The molecule has 9 heteroatoms. The molecule has 2 heterocycles. The van der Waals surface area contributed by atoms with Crippen LogP contribution in [0.5, 0.6) is 0 Å². The smallest absolute Gasteiger partial charge is 0.543 e. The van der Waals surface area contributed by atoms with E-state index in [-0.39, 0.29) is 82.0 Å². The first-order chi connectivity index (χ1) is 11.9. The summed E-state index contributed by atoms with van der Waals surface area (Å²) >= 11 is 0. The van der Waals surface area contributed by atoms with Gasteiger partial charge in [0.2, 0.25) is 5.91 Å². The maximum absolute atomic E-state index is 10.9. The Kier molecular flexibility index (Phi) is 11.2. The summed E-state index contributed by atoms with van der Waals surface area (Å²) in [5.74, 6) is -1.67. The Morgan fingerprint density at radius 1 is 1.22 bits per heavy atom. The van der Waals surface area contributed by atoms with Crippen molar-refractivity contribution in [3.05, 3.63) is 54.1 Å². The van der Waals surface area contributed by atoms with Crippen LogP contribution < -0.4 is 67.5 Å². The Balaban J connectivity index is 0.000000532. The van der Waals surface area contributed by atoms with Gasteiger partial charge >= 0.3 is 51.4 Å². The number of rotatable bonds is 3. The van der Waals surface area contributed by atoms with E-state index < -0.39 is 5.97 Å². The number of amides is 1. The molecule has 0 unspecified atom stereocenters. The molecule has 0 radical (unpaired) electrons. The fourth-order valence-corrected chi connectivity index (χ4v) is 2.14. The zero-order chi connectivity index (χ0) is 18.4. The van der Waals surface area contributed by atoms with E-state index in [2.05, 4.69) is 20.3 Å². The van der Waals surface area contributed by atoms with Crippen molar-refractivity contribution in [2.24, 2.45) is 5.73 Å². The van der Waals surface area contributed by atoms with E-state index >= 15 is 0 Å². The molecule has 1 amide bonds. The number of aromatic carboxylic acids is 1. The summed E-state index contributed by atoms with van der Waals surface area (Å²) in [4.78, 5) is 31.8. The van der Waals surface area contributed by atoms with E-state index in [1.807, 2.05) is 37.3 Å². The molecule has 27 heavy (non-hydrogen) atoms. The number of carbonyl (C=O) groups excluding carboxylic acids is 2. The van der Waals surface area contributed by atoms with Crippen LogP contribution in [0, 0.1) is 0 Å². The number of nitrogens with one attached hydrogen (secondary N) is 2. The number of nitrogens with two attached hydrogens (primary N) is 1. The minimum absolute atomic E-state index is 0. The van der Waals surface area contributed by atoms with Crippen molar-refractivity contribution in [1.29, 1.82) is 0 Å². The molecule has 1 atom stereocenters. The summed E-state index contributed by atoms with van der Waals surface area (Å²) < 4.78 is 0. The molecule has 3 rings (SSSR count). The fraction of sp³-hybridized carbons (Fsp3) is 0.222. The molecule has 4 N–H and O–H groups in total. The number of carboxylic acid groups (broad SMARTS) is 1. The molecule has 0 saturated heterocycles. The Morgan fingerprint density at radius 3 is 2.33 bits per heavy atom. The van der Waals surface area contributed by atoms with Gasteiger partial charge in [-0.15, -0.1) is 0 Å². The third kappa shape index (κ3) is 7.13. The first kappa shape index (κ1) is 25.4. The van der Waals surface area contributed by atoms with E-state index in [0.717, 1.165) is 6.33 Å². The van der Waals surface area contributed by atoms with Crippen molar-refractivity contribution in [2.45, 2.75) is 27.3 Å². The monoisotopic (exact) mass is 395 g/mol. The minimum Gasteiger partial charge on any atom is -0.543 e. The van der Waals surface area contributed by atoms with Gasteiger partial charge in [0.1, 0.15) is 17.5 Å². The second kappa shape index (κ2) is 12.0. The molecule has 0 bridgehead atoms. The van der Waals surface area contributed by atoms with Crippen LogP contribution in [-0.2, 0) is 4.79 Å². The fourth-order valence-electron chi connectivity index (χ4n) is 2.14. The van der Waals surface area contributed by atoms with E-state index in [0.29, 0.717) is 11.2 Å². The first-order valence-corrected chi connectivity index (χ1v) is 7.51. The van der Waals surface area contributed by atoms with Crippen LogP contribution in [0.4, 0.5) is 5.69 Å². The molecule has 2 aromatic heterocycles. The second-order valence-corrected chi connectivity index (χ2v) is 5.32. The number of carbonyl (C=O) groups is 2. The van der Waals surface area contributed by atoms with Crippen LogP contribution >= 0.6 is 0 Å². The quantitative estimate of drug-likeness (QED) is 0.468. The van der Waals surface area contributed by atoms with Crippen LogP contribution in [0.3, 0.4) is 0 Å². The summed E-state index contributed by atoms with van der Waals surface area (Å²) in [6.07, 6.45) is 2.56. The summed E-state index contributed by atoms with van der Waals surface area (Å²) in [5.41, 5.74) is 7.55. The van der Waals surface area contributed by atoms with Gasteiger partial charge in [-0.25, -0.2) is 9.97 Å². The predicted octanol–water partition coefficient (Wildman–Crippen LogP) is -1.37. The molecule has 138 valence electrons. The molecule has 3 aromatic rings. The molecule has 1 aromatic carbocycles. The number of aromatic amines is 1. The molecule has 0 fully saturated rings. The summed E-state index contributed by atoms with van der Waals surface area (Å²) in [6.45, 7) is 3.33. The Labute approximate surface area is 200 Å². The average molecular weight is 396 g/mol. The molecule has 0 spiro atoms. The van der Waals surface area contributed by atoms with Crippen LogP contribution in [0.2, 0.25) is 0 Å². The van der Waals surface area contributed by atoms with Gasteiger partial charge in [0.25, 0.3) is 0 Å². The van der Waals surface area contributed by atoms with Gasteiger partial charge in [-0.3, -0.25) is 4.79 Å². The van der Waals surface area contributed by atoms with Gasteiger partial charge in [0.05, 0.1) is 17.2 Å². The van der Waals surface area contributed by atoms with Crippen molar-refractivity contribution in [2.75, 3.05) is 5.32 Å². The standard InChI is InChI=1S/C9H8N4O3.C8H11N.CH4.K/c1-4(14)13-5-2-10-7-6(5)11-3-12-8(7)9(15)16;1-7(9)8-5-3-2-4-6-8;;/h2-3,10H,1H3,(H,13,14)(H,15,16);2-7H,9H2,1H3;1H4;/q;;;+1/p-1/t;7-;;/m.0../s1. The van der Waals surface area contributed by atoms with Crippen LogP contribution in [0.1, 0.15) is 43.4 Å². The second-order valence-electron chi connectivity index (χ2n) is 5.32. The number of aromatic nitrogens is 3. The van der Waals surface area contributed by atoms with Crippen molar-refractivity contribution in [3.63, 3.8) is 0 Å². The SMILES string of the molecule is C.CC(=O)Nc1c[nH]c2c(C(=O)[O-])ncnc12.C[C@H](N)c1ccccc1.[K+]. The maximum Gasteiger partial charge on any atom is 1.00 e. The van der Waals surface area contributed by atoms with Gasteiger partial charge < -0.3 is 25.9 Å². The number of anilines is 1. The van der Waals surface area contributed by atoms with Crippen molar-refractivity contribution < 1.29 is 66.1 Å². The Bertz CT molecular complexity index is 881. The molecule has 0 aliphatic carbocycles. The third-order valence-corrected chi connectivity index (χ3v) is 3.29. The summed E-state index contributed by atoms with van der Waals surface area (Å²) in [7, 11) is 0. The van der Waals surface area contributed by atoms with Gasteiger partial charge in [0.15, 0.2) is 0 Å². The summed E-state index contributed by atoms with van der Waals surface area (Å²) in [6, 6.07) is 10.2. The number of carboxylic acids is 1. The van der Waals surface area contributed by atoms with Crippen molar-refractivity contribution in [1.82, 2.24) is 15.0 Å². The zero-order valence-electron chi connectivity index (χ0n) is 14.8. The van der Waals surface area contributed by atoms with Crippen molar-refractivity contribution in [3.8, 4) is 0 Å². The number of fused-ring (bicyclic) bond motifs is 1. The molecule has 0 aliphatic rings. The first-order valence-electron chi connectivity index (χ1n) is 7.51. The topological polar surface area (TPSA) is 137 Å². The zero-order valence-corrected chi connectivity index (χ0v) is 17.9. The number of nitrogens with zero attached hydrogens (tertiary/aromatic N) is 2. The van der Waals surface area contributed by atoms with E-state index in [9.17, 15) is 14.7 Å². The largest absolute Gasteiger partial charge is 1.00 e. The molecule has 8 nitrogen and oxygen atoms in total. The molecular weight excluding hydrogens is 373 g/mol. The van der Waals surface area contributed by atoms with E-state index in [4.69, 9.17) is 5.73 Å². The van der Waals surface area contributed by atoms with E-state index in [1.54, 1.807) is 0 Å². The van der Waals surface area contributed by atoms with Gasteiger partial charge in [-0.2, -0.15) is 0 Å². The minimum atomic E-state index is -1.40. The Morgan fingerprint density at radius 2 is 1.85 bits per heavy atom. The Hall–Kier alpha value is -1.62. The van der Waals surface area contributed by atoms with Crippen LogP contribution in [0.15, 0.2) is 42.9 Å².